The predicted octanol–water partition coefficient (Wildman–Crippen LogP) is 4.42. The molecule has 0 aliphatic carbocycles. The van der Waals surface area contributed by atoms with Crippen LogP contribution in [0.5, 0.6) is 23.0 Å². The van der Waals surface area contributed by atoms with E-state index >= 15 is 0 Å². The lowest BCUT2D eigenvalue weighted by atomic mass is 9.97. The van der Waals surface area contributed by atoms with E-state index in [1.165, 1.54) is 6.42 Å². The topological polar surface area (TPSA) is 68.2 Å². The monoisotopic (exact) mass is 407 g/mol. The molecule has 0 radical (unpaired) electrons. The van der Waals surface area contributed by atoms with Gasteiger partial charge in [0.15, 0.2) is 17.3 Å². The number of likely N-dealkylation sites (tertiary alicyclic amines) is 1. The molecule has 1 fully saturated rings. The van der Waals surface area contributed by atoms with Crippen LogP contribution in [-0.4, -0.2) is 35.2 Å². The van der Waals surface area contributed by atoms with Crippen molar-refractivity contribution < 1.29 is 24.1 Å². The molecular formula is C24H25NO5. The highest BCUT2D eigenvalue weighted by atomic mass is 16.7. The number of nitrogens with zero attached hydrogens (tertiary/aromatic N) is 1. The summed E-state index contributed by atoms with van der Waals surface area (Å²) in [5, 5.41) is 10.7. The zero-order chi connectivity index (χ0) is 20.8. The number of aromatic hydroxyl groups is 1. The van der Waals surface area contributed by atoms with E-state index in [9.17, 15) is 9.90 Å². The van der Waals surface area contributed by atoms with Gasteiger partial charge in [-0.1, -0.05) is 12.5 Å². The lowest BCUT2D eigenvalue weighted by Crippen LogP contribution is -2.36. The molecular weight excluding hydrogens is 382 g/mol. The molecule has 3 heterocycles. The first-order valence-electron chi connectivity index (χ1n) is 10.4. The number of piperidine rings is 1. The number of carbonyl (C=O) groups excluding carboxylic acids is 1. The second-order valence-corrected chi connectivity index (χ2v) is 8.26. The molecule has 30 heavy (non-hydrogen) atoms. The van der Waals surface area contributed by atoms with Crippen LogP contribution in [0.1, 0.15) is 53.2 Å². The number of hydrogen-bond donors (Lipinski definition) is 1. The fourth-order valence-electron chi connectivity index (χ4n) is 4.48. The Bertz CT molecular complexity index is 1060. The number of Topliss-reactive ketones (excluding diaryl/α,β-unsaturated/α-hetero) is 1. The standard InChI is InChI=1S/C24H25NO5/c1-14-9-18(26)17(12-25-8-4-3-5-15(25)2)24-22(14)23(27)21(30-24)11-16-6-7-19-20(10-16)29-13-28-19/h6-7,9-11,15,26H,3-5,8,12-13H2,1-2H3/b21-11-. The van der Waals surface area contributed by atoms with E-state index in [1.807, 2.05) is 25.1 Å². The molecule has 0 bridgehead atoms. The third-order valence-corrected chi connectivity index (χ3v) is 6.22. The molecule has 3 aliphatic rings. The lowest BCUT2D eigenvalue weighted by Gasteiger charge is -2.33. The van der Waals surface area contributed by atoms with E-state index in [0.29, 0.717) is 41.0 Å². The fourth-order valence-corrected chi connectivity index (χ4v) is 4.48. The number of ketones is 1. The van der Waals surface area contributed by atoms with Crippen LogP contribution in [0.3, 0.4) is 0 Å². The molecule has 1 atom stereocenters. The highest BCUT2D eigenvalue weighted by molar-refractivity contribution is 6.15. The van der Waals surface area contributed by atoms with Gasteiger partial charge < -0.3 is 19.3 Å². The van der Waals surface area contributed by atoms with Gasteiger partial charge in [0.05, 0.1) is 11.1 Å². The molecule has 6 nitrogen and oxygen atoms in total. The molecule has 3 aliphatic heterocycles. The van der Waals surface area contributed by atoms with Gasteiger partial charge in [0.1, 0.15) is 11.5 Å². The molecule has 5 rings (SSSR count). The molecule has 0 spiro atoms. The van der Waals surface area contributed by atoms with E-state index in [-0.39, 0.29) is 24.1 Å². The van der Waals surface area contributed by atoms with Crippen LogP contribution in [0.25, 0.3) is 6.08 Å². The Hall–Kier alpha value is -2.99. The largest absolute Gasteiger partial charge is 0.507 e. The Balaban J connectivity index is 1.49. The third-order valence-electron chi connectivity index (χ3n) is 6.22. The van der Waals surface area contributed by atoms with E-state index in [4.69, 9.17) is 14.2 Å². The number of benzene rings is 2. The third kappa shape index (κ3) is 3.21. The van der Waals surface area contributed by atoms with Gasteiger partial charge in [0, 0.05) is 12.6 Å². The molecule has 0 amide bonds. The second kappa shape index (κ2) is 7.36. The van der Waals surface area contributed by atoms with E-state index in [1.54, 1.807) is 12.1 Å². The molecule has 0 saturated carbocycles. The number of carbonyl (C=O) groups is 1. The SMILES string of the molecule is Cc1cc(O)c(CN2CCCCC2C)c2c1C(=O)/C(=C/c1ccc3c(c1)OCO3)O2. The lowest BCUT2D eigenvalue weighted by molar-refractivity contribution is 0.101. The molecule has 0 aromatic heterocycles. The predicted molar refractivity (Wildman–Crippen MR) is 112 cm³/mol. The molecule has 1 saturated heterocycles. The molecule has 1 unspecified atom stereocenters. The molecule has 2 aromatic carbocycles. The van der Waals surface area contributed by atoms with Crippen molar-refractivity contribution in [3.05, 3.63) is 52.3 Å². The van der Waals surface area contributed by atoms with Crippen molar-refractivity contribution in [3.8, 4) is 23.0 Å². The van der Waals surface area contributed by atoms with Crippen molar-refractivity contribution in [1.29, 1.82) is 0 Å². The molecule has 6 heteroatoms. The number of phenols is 1. The summed E-state index contributed by atoms with van der Waals surface area (Å²) in [5.41, 5.74) is 2.74. The van der Waals surface area contributed by atoms with E-state index in [2.05, 4.69) is 11.8 Å². The van der Waals surface area contributed by atoms with Crippen LogP contribution in [0.4, 0.5) is 0 Å². The second-order valence-electron chi connectivity index (χ2n) is 8.26. The number of fused-ring (bicyclic) bond motifs is 2. The van der Waals surface area contributed by atoms with Crippen molar-refractivity contribution in [3.63, 3.8) is 0 Å². The number of allylic oxidation sites excluding steroid dienone is 1. The Morgan fingerprint density at radius 3 is 2.87 bits per heavy atom. The quantitative estimate of drug-likeness (QED) is 0.760. The maximum absolute atomic E-state index is 13.1. The average Bonchev–Trinajstić information content (AvgIpc) is 3.31. The number of hydrogen-bond acceptors (Lipinski definition) is 6. The fraction of sp³-hybridized carbons (Fsp3) is 0.375. The number of phenolic OH excluding ortho intramolecular Hbond substituents is 1. The highest BCUT2D eigenvalue weighted by Crippen LogP contribution is 2.43. The molecule has 156 valence electrons. The van der Waals surface area contributed by atoms with Gasteiger partial charge in [-0.2, -0.15) is 0 Å². The summed E-state index contributed by atoms with van der Waals surface area (Å²) in [4.78, 5) is 15.5. The maximum atomic E-state index is 13.1. The summed E-state index contributed by atoms with van der Waals surface area (Å²) in [6.45, 7) is 5.79. The first kappa shape index (κ1) is 19.0. The average molecular weight is 407 g/mol. The zero-order valence-corrected chi connectivity index (χ0v) is 17.2. The Morgan fingerprint density at radius 2 is 2.03 bits per heavy atom. The summed E-state index contributed by atoms with van der Waals surface area (Å²) < 4.78 is 16.8. The van der Waals surface area contributed by atoms with Gasteiger partial charge >= 0.3 is 0 Å². The van der Waals surface area contributed by atoms with Gasteiger partial charge in [0.25, 0.3) is 0 Å². The summed E-state index contributed by atoms with van der Waals surface area (Å²) in [6, 6.07) is 7.63. The van der Waals surface area contributed by atoms with E-state index < -0.39 is 0 Å². The molecule has 1 N–H and O–H groups in total. The van der Waals surface area contributed by atoms with Crippen molar-refractivity contribution in [2.24, 2.45) is 0 Å². The Labute approximate surface area is 175 Å². The van der Waals surface area contributed by atoms with Crippen molar-refractivity contribution in [2.45, 2.75) is 45.7 Å². The number of aryl methyl sites for hydroxylation is 1. The summed E-state index contributed by atoms with van der Waals surface area (Å²) in [7, 11) is 0. The zero-order valence-electron chi connectivity index (χ0n) is 17.2. The number of ether oxygens (including phenoxy) is 3. The van der Waals surface area contributed by atoms with Crippen LogP contribution < -0.4 is 14.2 Å². The first-order valence-corrected chi connectivity index (χ1v) is 10.4. The Morgan fingerprint density at radius 1 is 1.20 bits per heavy atom. The van der Waals surface area contributed by atoms with Crippen molar-refractivity contribution >= 4 is 11.9 Å². The van der Waals surface area contributed by atoms with Crippen molar-refractivity contribution in [2.75, 3.05) is 13.3 Å². The van der Waals surface area contributed by atoms with Gasteiger partial charge in [-0.3, -0.25) is 9.69 Å². The van der Waals surface area contributed by atoms with Crippen LogP contribution in [0.15, 0.2) is 30.0 Å². The van der Waals surface area contributed by atoms with Gasteiger partial charge in [-0.05, 0) is 68.6 Å². The minimum absolute atomic E-state index is 0.159. The van der Waals surface area contributed by atoms with Crippen LogP contribution in [0, 0.1) is 6.92 Å². The summed E-state index contributed by atoms with van der Waals surface area (Å²) >= 11 is 0. The maximum Gasteiger partial charge on any atom is 0.232 e. The van der Waals surface area contributed by atoms with Gasteiger partial charge in [0.2, 0.25) is 12.6 Å². The summed E-state index contributed by atoms with van der Waals surface area (Å²) in [6.07, 6.45) is 5.24. The first-order chi connectivity index (χ1) is 14.5. The minimum atomic E-state index is -0.159. The Kier molecular flexibility index (Phi) is 4.66. The van der Waals surface area contributed by atoms with Crippen molar-refractivity contribution in [1.82, 2.24) is 4.90 Å². The minimum Gasteiger partial charge on any atom is -0.507 e. The molecule has 2 aromatic rings. The normalized spacial score (nSPS) is 21.7. The smallest absolute Gasteiger partial charge is 0.232 e. The van der Waals surface area contributed by atoms with E-state index in [0.717, 1.165) is 30.5 Å². The van der Waals surface area contributed by atoms with Crippen LogP contribution in [-0.2, 0) is 6.54 Å². The number of rotatable bonds is 3. The van der Waals surface area contributed by atoms with Crippen LogP contribution >= 0.6 is 0 Å². The van der Waals surface area contributed by atoms with Crippen LogP contribution in [0.2, 0.25) is 0 Å². The summed E-state index contributed by atoms with van der Waals surface area (Å²) in [5.74, 6) is 2.11. The van der Waals surface area contributed by atoms with Gasteiger partial charge in [-0.25, -0.2) is 0 Å². The van der Waals surface area contributed by atoms with Gasteiger partial charge in [-0.15, -0.1) is 0 Å². The highest BCUT2D eigenvalue weighted by Gasteiger charge is 2.34.